The molecule has 1 aliphatic heterocycles. The second kappa shape index (κ2) is 6.31. The zero-order chi connectivity index (χ0) is 14.7. The van der Waals surface area contributed by atoms with Crippen molar-refractivity contribution in [2.45, 2.75) is 25.2 Å². The van der Waals surface area contributed by atoms with Gasteiger partial charge in [0.25, 0.3) is 0 Å². The Hall–Kier alpha value is -1.80. The summed E-state index contributed by atoms with van der Waals surface area (Å²) >= 11 is 0. The third-order valence-corrected chi connectivity index (χ3v) is 4.45. The minimum absolute atomic E-state index is 0.499. The average Bonchev–Trinajstić information content (AvgIpc) is 2.91. The van der Waals surface area contributed by atoms with E-state index in [0.717, 1.165) is 25.3 Å². The minimum Gasteiger partial charge on any atom is -0.493 e. The van der Waals surface area contributed by atoms with E-state index in [1.54, 1.807) is 0 Å². The molecule has 110 valence electrons. The first-order chi connectivity index (χ1) is 10.3. The number of hydrogen-bond acceptors (Lipinski definition) is 2. The van der Waals surface area contributed by atoms with E-state index in [1.807, 2.05) is 13.1 Å². The van der Waals surface area contributed by atoms with Crippen molar-refractivity contribution < 1.29 is 4.74 Å². The van der Waals surface area contributed by atoms with Crippen molar-refractivity contribution in [3.8, 4) is 5.75 Å². The fourth-order valence-electron chi connectivity index (χ4n) is 3.38. The van der Waals surface area contributed by atoms with E-state index >= 15 is 0 Å². The molecule has 0 aromatic heterocycles. The van der Waals surface area contributed by atoms with Crippen molar-refractivity contribution in [3.63, 3.8) is 0 Å². The highest BCUT2D eigenvalue weighted by Crippen LogP contribution is 2.39. The van der Waals surface area contributed by atoms with E-state index in [0.29, 0.717) is 11.8 Å². The van der Waals surface area contributed by atoms with Crippen LogP contribution in [0.2, 0.25) is 0 Å². The van der Waals surface area contributed by atoms with Gasteiger partial charge in [-0.3, -0.25) is 0 Å². The predicted octanol–water partition coefficient (Wildman–Crippen LogP) is 3.86. The molecule has 2 nitrogen and oxygen atoms in total. The molecular formula is C19H23NO. The van der Waals surface area contributed by atoms with E-state index in [2.05, 4.69) is 54.7 Å². The van der Waals surface area contributed by atoms with Gasteiger partial charge in [-0.05, 0) is 43.5 Å². The molecular weight excluding hydrogens is 258 g/mol. The van der Waals surface area contributed by atoms with E-state index in [4.69, 9.17) is 4.74 Å². The Bertz CT molecular complexity index is 608. The van der Waals surface area contributed by atoms with Gasteiger partial charge in [0.1, 0.15) is 5.75 Å². The van der Waals surface area contributed by atoms with Crippen molar-refractivity contribution in [1.82, 2.24) is 5.32 Å². The molecule has 0 saturated heterocycles. The average molecular weight is 281 g/mol. The summed E-state index contributed by atoms with van der Waals surface area (Å²) < 4.78 is 5.84. The number of likely N-dealkylation sites (N-methyl/N-ethyl adjacent to an activating group) is 1. The molecule has 0 saturated carbocycles. The molecule has 2 unspecified atom stereocenters. The predicted molar refractivity (Wildman–Crippen MR) is 87.1 cm³/mol. The molecule has 0 radical (unpaired) electrons. The molecule has 0 aliphatic carbocycles. The quantitative estimate of drug-likeness (QED) is 0.898. The van der Waals surface area contributed by atoms with Crippen LogP contribution in [0.3, 0.4) is 0 Å². The molecule has 2 atom stereocenters. The number of fused-ring (bicyclic) bond motifs is 1. The van der Waals surface area contributed by atoms with Gasteiger partial charge in [0, 0.05) is 18.0 Å². The van der Waals surface area contributed by atoms with E-state index < -0.39 is 0 Å². The van der Waals surface area contributed by atoms with Gasteiger partial charge in [0.15, 0.2) is 0 Å². The van der Waals surface area contributed by atoms with Crippen LogP contribution in [0.5, 0.6) is 5.75 Å². The van der Waals surface area contributed by atoms with Crippen LogP contribution >= 0.6 is 0 Å². The highest BCUT2D eigenvalue weighted by Gasteiger charge is 2.27. The van der Waals surface area contributed by atoms with E-state index in [-0.39, 0.29) is 0 Å². The number of ether oxygens (including phenoxy) is 1. The van der Waals surface area contributed by atoms with Gasteiger partial charge in [-0.1, -0.05) is 42.5 Å². The SMILES string of the molecule is CNCC(CC1COc2ccccc21)c1ccccc1C. The maximum absolute atomic E-state index is 5.84. The number of aryl methyl sites for hydroxylation is 1. The number of para-hydroxylation sites is 1. The molecule has 0 bridgehead atoms. The fourth-order valence-corrected chi connectivity index (χ4v) is 3.38. The molecule has 2 aromatic rings. The summed E-state index contributed by atoms with van der Waals surface area (Å²) in [6, 6.07) is 17.2. The molecule has 0 fully saturated rings. The Morgan fingerprint density at radius 2 is 1.90 bits per heavy atom. The van der Waals surface area contributed by atoms with Crippen LogP contribution < -0.4 is 10.1 Å². The lowest BCUT2D eigenvalue weighted by Crippen LogP contribution is -2.20. The third-order valence-electron chi connectivity index (χ3n) is 4.45. The maximum Gasteiger partial charge on any atom is 0.122 e. The van der Waals surface area contributed by atoms with Crippen LogP contribution in [0, 0.1) is 6.92 Å². The molecule has 1 aliphatic rings. The Labute approximate surface area is 127 Å². The lowest BCUT2D eigenvalue weighted by molar-refractivity contribution is 0.317. The van der Waals surface area contributed by atoms with E-state index in [9.17, 15) is 0 Å². The van der Waals surface area contributed by atoms with Gasteiger partial charge < -0.3 is 10.1 Å². The van der Waals surface area contributed by atoms with Crippen LogP contribution in [0.1, 0.15) is 34.9 Å². The molecule has 2 aromatic carbocycles. The van der Waals surface area contributed by atoms with Crippen molar-refractivity contribution in [1.29, 1.82) is 0 Å². The number of hydrogen-bond donors (Lipinski definition) is 1. The zero-order valence-electron chi connectivity index (χ0n) is 12.8. The van der Waals surface area contributed by atoms with Gasteiger partial charge >= 0.3 is 0 Å². The molecule has 1 heterocycles. The fraction of sp³-hybridized carbons (Fsp3) is 0.368. The zero-order valence-corrected chi connectivity index (χ0v) is 12.8. The second-order valence-electron chi connectivity index (χ2n) is 5.89. The molecule has 0 amide bonds. The maximum atomic E-state index is 5.84. The Morgan fingerprint density at radius 3 is 2.71 bits per heavy atom. The Kier molecular flexibility index (Phi) is 4.26. The van der Waals surface area contributed by atoms with Crippen LogP contribution in [0.15, 0.2) is 48.5 Å². The highest BCUT2D eigenvalue weighted by atomic mass is 16.5. The van der Waals surface area contributed by atoms with Crippen LogP contribution in [0.25, 0.3) is 0 Å². The van der Waals surface area contributed by atoms with Gasteiger partial charge in [0.05, 0.1) is 6.61 Å². The molecule has 0 spiro atoms. The lowest BCUT2D eigenvalue weighted by atomic mass is 9.84. The largest absolute Gasteiger partial charge is 0.493 e. The molecule has 21 heavy (non-hydrogen) atoms. The smallest absolute Gasteiger partial charge is 0.122 e. The third kappa shape index (κ3) is 2.96. The van der Waals surface area contributed by atoms with Crippen molar-refractivity contribution >= 4 is 0 Å². The summed E-state index contributed by atoms with van der Waals surface area (Å²) in [5.41, 5.74) is 4.20. The van der Waals surface area contributed by atoms with E-state index in [1.165, 1.54) is 16.7 Å². The normalized spacial score (nSPS) is 18.1. The Morgan fingerprint density at radius 1 is 1.14 bits per heavy atom. The summed E-state index contributed by atoms with van der Waals surface area (Å²) in [5.74, 6) is 2.09. The first-order valence-corrected chi connectivity index (χ1v) is 7.71. The first kappa shape index (κ1) is 14.2. The van der Waals surface area contributed by atoms with Crippen molar-refractivity contribution in [3.05, 3.63) is 65.2 Å². The van der Waals surface area contributed by atoms with Crippen LogP contribution in [-0.4, -0.2) is 20.2 Å². The number of benzene rings is 2. The number of rotatable bonds is 5. The van der Waals surface area contributed by atoms with Crippen molar-refractivity contribution in [2.24, 2.45) is 0 Å². The van der Waals surface area contributed by atoms with Gasteiger partial charge in [-0.15, -0.1) is 0 Å². The molecule has 3 rings (SSSR count). The number of nitrogens with one attached hydrogen (secondary N) is 1. The summed E-state index contributed by atoms with van der Waals surface area (Å²) in [6.45, 7) is 4.02. The summed E-state index contributed by atoms with van der Waals surface area (Å²) in [5, 5.41) is 3.35. The Balaban J connectivity index is 1.82. The second-order valence-corrected chi connectivity index (χ2v) is 5.89. The minimum atomic E-state index is 0.499. The molecule has 1 N–H and O–H groups in total. The first-order valence-electron chi connectivity index (χ1n) is 7.71. The van der Waals surface area contributed by atoms with Gasteiger partial charge in [0.2, 0.25) is 0 Å². The van der Waals surface area contributed by atoms with Gasteiger partial charge in [-0.2, -0.15) is 0 Å². The standard InChI is InChI=1S/C19H23NO/c1-14-7-3-4-8-17(14)15(12-20-2)11-16-13-21-19-10-6-5-9-18(16)19/h3-10,15-16,20H,11-13H2,1-2H3. The van der Waals surface area contributed by atoms with Crippen LogP contribution in [-0.2, 0) is 0 Å². The summed E-state index contributed by atoms with van der Waals surface area (Å²) in [6.07, 6.45) is 1.13. The lowest BCUT2D eigenvalue weighted by Gasteiger charge is -2.22. The monoisotopic (exact) mass is 281 g/mol. The van der Waals surface area contributed by atoms with Gasteiger partial charge in [-0.25, -0.2) is 0 Å². The van der Waals surface area contributed by atoms with Crippen LogP contribution in [0.4, 0.5) is 0 Å². The summed E-state index contributed by atoms with van der Waals surface area (Å²) in [4.78, 5) is 0. The highest BCUT2D eigenvalue weighted by molar-refractivity contribution is 5.40. The topological polar surface area (TPSA) is 21.3 Å². The van der Waals surface area contributed by atoms with Crippen molar-refractivity contribution in [2.75, 3.05) is 20.2 Å². The molecule has 2 heteroatoms. The summed E-state index contributed by atoms with van der Waals surface area (Å²) in [7, 11) is 2.03.